The van der Waals surface area contributed by atoms with E-state index in [4.69, 9.17) is 0 Å². The van der Waals surface area contributed by atoms with Crippen LogP contribution in [0.25, 0.3) is 11.1 Å². The minimum Gasteiger partial charge on any atom is -0.301 e. The number of benzene rings is 1. The molecule has 2 aromatic rings. The zero-order valence-electron chi connectivity index (χ0n) is 12.6. The molecule has 3 amide bonds. The number of pyridine rings is 1. The van der Waals surface area contributed by atoms with Crippen LogP contribution in [0, 0.1) is 0 Å². The van der Waals surface area contributed by atoms with Gasteiger partial charge in [-0.3, -0.25) is 29.2 Å². The monoisotopic (exact) mass is 320 g/mol. The van der Waals surface area contributed by atoms with Crippen molar-refractivity contribution in [3.05, 3.63) is 36.7 Å². The molecule has 0 atom stereocenters. The van der Waals surface area contributed by atoms with E-state index in [9.17, 15) is 14.4 Å². The average Bonchev–Trinajstić information content (AvgIpc) is 3.51. The minimum absolute atomic E-state index is 0.0188. The van der Waals surface area contributed by atoms with Crippen molar-refractivity contribution in [1.29, 1.82) is 0 Å². The van der Waals surface area contributed by atoms with E-state index < -0.39 is 0 Å². The maximum absolute atomic E-state index is 11.7. The summed E-state index contributed by atoms with van der Waals surface area (Å²) in [5.41, 5.74) is 3.95. The largest absolute Gasteiger partial charge is 0.301 e. The molecule has 3 aliphatic rings. The van der Waals surface area contributed by atoms with Crippen LogP contribution in [0.2, 0.25) is 0 Å². The van der Waals surface area contributed by atoms with Crippen molar-refractivity contribution in [2.75, 3.05) is 34.3 Å². The molecule has 0 aliphatic carbocycles. The molecule has 0 bridgehead atoms. The van der Waals surface area contributed by atoms with Crippen molar-refractivity contribution < 1.29 is 14.4 Å². The van der Waals surface area contributed by atoms with E-state index in [0.29, 0.717) is 25.3 Å². The van der Waals surface area contributed by atoms with E-state index in [1.165, 1.54) is 0 Å². The highest BCUT2D eigenvalue weighted by molar-refractivity contribution is 6.21. The van der Waals surface area contributed by atoms with Gasteiger partial charge in [0, 0.05) is 18.0 Å². The van der Waals surface area contributed by atoms with E-state index in [1.807, 2.05) is 24.3 Å². The molecule has 3 saturated heterocycles. The van der Waals surface area contributed by atoms with Crippen LogP contribution in [0.5, 0.6) is 0 Å². The molecule has 0 spiro atoms. The van der Waals surface area contributed by atoms with Crippen molar-refractivity contribution in [3.8, 4) is 11.1 Å². The number of carbonyl (C=O) groups excluding carboxylic acids is 3. The van der Waals surface area contributed by atoms with Crippen molar-refractivity contribution in [3.63, 3.8) is 0 Å². The lowest BCUT2D eigenvalue weighted by Crippen LogP contribution is -2.06. The highest BCUT2D eigenvalue weighted by atomic mass is 16.2. The number of anilines is 3. The molecule has 7 heteroatoms. The topological polar surface area (TPSA) is 73.1 Å². The van der Waals surface area contributed by atoms with Gasteiger partial charge in [0.1, 0.15) is 19.6 Å². The molecule has 1 aromatic carbocycles. The number of hydrogen-bond donors (Lipinski definition) is 0. The molecular formula is C17H12N4O3. The fourth-order valence-corrected chi connectivity index (χ4v) is 2.94. The van der Waals surface area contributed by atoms with Crippen LogP contribution in [0.3, 0.4) is 0 Å². The van der Waals surface area contributed by atoms with Gasteiger partial charge >= 0.3 is 0 Å². The Kier molecular flexibility index (Phi) is 2.43. The van der Waals surface area contributed by atoms with Crippen LogP contribution in [0.1, 0.15) is 0 Å². The third kappa shape index (κ3) is 1.98. The van der Waals surface area contributed by atoms with E-state index in [-0.39, 0.29) is 17.7 Å². The first-order valence-electron chi connectivity index (χ1n) is 7.63. The molecule has 0 N–H and O–H groups in total. The summed E-state index contributed by atoms with van der Waals surface area (Å²) in [5, 5.41) is 0. The highest BCUT2D eigenvalue weighted by Crippen LogP contribution is 2.46. The molecule has 0 saturated carbocycles. The molecule has 3 aliphatic heterocycles. The molecule has 5 rings (SSSR count). The fourth-order valence-electron chi connectivity index (χ4n) is 2.94. The first-order valence-corrected chi connectivity index (χ1v) is 7.63. The third-order valence-corrected chi connectivity index (χ3v) is 4.43. The summed E-state index contributed by atoms with van der Waals surface area (Å²) in [4.78, 5) is 43.9. The van der Waals surface area contributed by atoms with Gasteiger partial charge in [0.2, 0.25) is 17.7 Å². The summed E-state index contributed by atoms with van der Waals surface area (Å²) < 4.78 is 0. The molecule has 0 radical (unpaired) electrons. The summed E-state index contributed by atoms with van der Waals surface area (Å²) in [6, 6.07) is 7.46. The number of carbonyl (C=O) groups is 3. The Morgan fingerprint density at radius 3 is 1.67 bits per heavy atom. The fraction of sp³-hybridized carbons (Fsp3) is 0.176. The summed E-state index contributed by atoms with van der Waals surface area (Å²) in [6.07, 6.45) is 3.38. The summed E-state index contributed by atoms with van der Waals surface area (Å²) >= 11 is 0. The van der Waals surface area contributed by atoms with Crippen LogP contribution in [0.15, 0.2) is 36.7 Å². The molecule has 0 unspecified atom stereocenters. The highest BCUT2D eigenvalue weighted by Gasteiger charge is 2.42. The number of nitrogens with zero attached hydrogens (tertiary/aromatic N) is 4. The minimum atomic E-state index is 0.0188. The van der Waals surface area contributed by atoms with Gasteiger partial charge in [0.15, 0.2) is 0 Å². The Morgan fingerprint density at radius 2 is 1.17 bits per heavy atom. The third-order valence-electron chi connectivity index (χ3n) is 4.43. The van der Waals surface area contributed by atoms with E-state index in [1.54, 1.807) is 27.1 Å². The van der Waals surface area contributed by atoms with Crippen molar-refractivity contribution in [2.45, 2.75) is 0 Å². The van der Waals surface area contributed by atoms with E-state index in [2.05, 4.69) is 4.98 Å². The second kappa shape index (κ2) is 4.41. The number of aromatic nitrogens is 1. The second-order valence-corrected chi connectivity index (χ2v) is 6.03. The number of hydrogen-bond acceptors (Lipinski definition) is 4. The Labute approximate surface area is 137 Å². The maximum atomic E-state index is 11.7. The molecule has 118 valence electrons. The number of rotatable bonds is 4. The van der Waals surface area contributed by atoms with Crippen LogP contribution < -0.4 is 14.7 Å². The summed E-state index contributed by atoms with van der Waals surface area (Å²) in [6.45, 7) is 1.07. The van der Waals surface area contributed by atoms with Crippen molar-refractivity contribution >= 4 is 34.8 Å². The zero-order chi connectivity index (χ0) is 16.4. The van der Waals surface area contributed by atoms with Gasteiger partial charge in [-0.2, -0.15) is 0 Å². The standard InChI is InChI=1S/C17H12N4O3/c22-15-7-19(15)12-6-14(21-9-17(21)24)13(20-8-16(20)23)5-11(12)10-1-3-18-4-2-10/h1-6H,7-9H2. The van der Waals surface area contributed by atoms with Crippen LogP contribution in [-0.4, -0.2) is 42.3 Å². The lowest BCUT2D eigenvalue weighted by molar-refractivity contribution is -0.110. The Balaban J connectivity index is 1.71. The molecule has 3 fully saturated rings. The summed E-state index contributed by atoms with van der Waals surface area (Å²) in [5.74, 6) is 0.0935. The van der Waals surface area contributed by atoms with E-state index in [0.717, 1.165) is 22.5 Å². The average molecular weight is 320 g/mol. The predicted molar refractivity (Wildman–Crippen MR) is 86.7 cm³/mol. The Morgan fingerprint density at radius 1 is 0.708 bits per heavy atom. The first kappa shape index (κ1) is 13.2. The predicted octanol–water partition coefficient (Wildman–Crippen LogP) is 0.788. The molecule has 7 nitrogen and oxygen atoms in total. The van der Waals surface area contributed by atoms with Crippen LogP contribution in [-0.2, 0) is 14.4 Å². The van der Waals surface area contributed by atoms with Crippen LogP contribution in [0.4, 0.5) is 17.1 Å². The van der Waals surface area contributed by atoms with Gasteiger partial charge in [-0.05, 0) is 29.8 Å². The summed E-state index contributed by atoms with van der Waals surface area (Å²) in [7, 11) is 0. The first-order chi connectivity index (χ1) is 11.6. The Hall–Kier alpha value is -3.22. The van der Waals surface area contributed by atoms with Gasteiger partial charge in [-0.25, -0.2) is 0 Å². The number of amides is 3. The lowest BCUT2D eigenvalue weighted by Gasteiger charge is -2.17. The van der Waals surface area contributed by atoms with Gasteiger partial charge in [0.05, 0.1) is 17.1 Å². The van der Waals surface area contributed by atoms with Crippen molar-refractivity contribution in [1.82, 2.24) is 4.98 Å². The lowest BCUT2D eigenvalue weighted by atomic mass is 10.0. The van der Waals surface area contributed by atoms with Gasteiger partial charge in [-0.1, -0.05) is 0 Å². The van der Waals surface area contributed by atoms with Crippen LogP contribution >= 0.6 is 0 Å². The normalized spacial score (nSPS) is 18.3. The van der Waals surface area contributed by atoms with Gasteiger partial charge in [0.25, 0.3) is 0 Å². The smallest absolute Gasteiger partial charge is 0.247 e. The SMILES string of the molecule is O=C1CN1c1cc(N2CC2=O)c(N2CC2=O)cc1-c1ccncc1. The molecule has 24 heavy (non-hydrogen) atoms. The molecule has 4 heterocycles. The van der Waals surface area contributed by atoms with Gasteiger partial charge in [-0.15, -0.1) is 0 Å². The maximum Gasteiger partial charge on any atom is 0.247 e. The molecular weight excluding hydrogens is 308 g/mol. The van der Waals surface area contributed by atoms with E-state index >= 15 is 0 Å². The zero-order valence-corrected chi connectivity index (χ0v) is 12.6. The Bertz CT molecular complexity index is 925. The molecule has 1 aromatic heterocycles. The second-order valence-electron chi connectivity index (χ2n) is 6.03. The van der Waals surface area contributed by atoms with Gasteiger partial charge < -0.3 is 4.90 Å². The van der Waals surface area contributed by atoms with Crippen molar-refractivity contribution in [2.24, 2.45) is 0 Å². The quantitative estimate of drug-likeness (QED) is 0.781.